The molecule has 1 aromatic heterocycles. The Hall–Kier alpha value is -3.20. The summed E-state index contributed by atoms with van der Waals surface area (Å²) in [7, 11) is -3.90. The SMILES string of the molecule is O=[N+]([O-])c1cccc(S(=O)(=O)Nc2ccc(Cn3cccn3)cc2)c1. The number of nitrogens with zero attached hydrogens (tertiary/aromatic N) is 3. The number of non-ortho nitro benzene ring substituents is 1. The van der Waals surface area contributed by atoms with Crippen LogP contribution in [0.3, 0.4) is 0 Å². The standard InChI is InChI=1S/C16H14N4O4S/c21-20(22)15-3-1-4-16(11-15)25(23,24)18-14-7-5-13(6-8-14)12-19-10-2-9-17-19/h1-11,18H,12H2. The molecule has 0 saturated heterocycles. The summed E-state index contributed by atoms with van der Waals surface area (Å²) in [5.41, 5.74) is 1.05. The normalized spacial score (nSPS) is 11.2. The van der Waals surface area contributed by atoms with Crippen LogP contribution in [0.4, 0.5) is 11.4 Å². The van der Waals surface area contributed by atoms with Gasteiger partial charge in [-0.05, 0) is 29.8 Å². The van der Waals surface area contributed by atoms with E-state index in [1.165, 1.54) is 18.2 Å². The molecule has 0 spiro atoms. The molecule has 0 fully saturated rings. The lowest BCUT2D eigenvalue weighted by molar-refractivity contribution is -0.385. The van der Waals surface area contributed by atoms with Gasteiger partial charge >= 0.3 is 0 Å². The fraction of sp³-hybridized carbons (Fsp3) is 0.0625. The number of nitrogens with one attached hydrogen (secondary N) is 1. The Bertz CT molecular complexity index is 983. The number of hydrogen-bond donors (Lipinski definition) is 1. The molecule has 2 aromatic carbocycles. The van der Waals surface area contributed by atoms with Crippen molar-refractivity contribution in [2.45, 2.75) is 11.4 Å². The molecule has 1 heterocycles. The van der Waals surface area contributed by atoms with Gasteiger partial charge in [0.2, 0.25) is 0 Å². The maximum absolute atomic E-state index is 12.4. The molecule has 0 unspecified atom stereocenters. The fourth-order valence-corrected chi connectivity index (χ4v) is 3.34. The van der Waals surface area contributed by atoms with E-state index in [0.29, 0.717) is 12.2 Å². The second-order valence-electron chi connectivity index (χ2n) is 5.26. The average molecular weight is 358 g/mol. The highest BCUT2D eigenvalue weighted by Crippen LogP contribution is 2.20. The molecule has 0 saturated carbocycles. The van der Waals surface area contributed by atoms with Crippen LogP contribution >= 0.6 is 0 Å². The number of nitro benzene ring substituents is 1. The van der Waals surface area contributed by atoms with E-state index < -0.39 is 14.9 Å². The zero-order chi connectivity index (χ0) is 17.9. The van der Waals surface area contributed by atoms with E-state index in [1.54, 1.807) is 35.1 Å². The molecule has 8 nitrogen and oxygen atoms in total. The predicted octanol–water partition coefficient (Wildman–Crippen LogP) is 2.64. The predicted molar refractivity (Wildman–Crippen MR) is 91.7 cm³/mol. The number of benzene rings is 2. The molecule has 0 radical (unpaired) electrons. The molecule has 0 aliphatic heterocycles. The van der Waals surface area contributed by atoms with Crippen molar-refractivity contribution in [3.8, 4) is 0 Å². The minimum atomic E-state index is -3.90. The van der Waals surface area contributed by atoms with Crippen molar-refractivity contribution in [3.05, 3.63) is 82.7 Å². The maximum Gasteiger partial charge on any atom is 0.270 e. The lowest BCUT2D eigenvalue weighted by atomic mass is 10.2. The van der Waals surface area contributed by atoms with Crippen LogP contribution in [0.5, 0.6) is 0 Å². The van der Waals surface area contributed by atoms with Crippen LogP contribution in [-0.4, -0.2) is 23.1 Å². The van der Waals surface area contributed by atoms with Crippen molar-refractivity contribution in [1.82, 2.24) is 9.78 Å². The highest BCUT2D eigenvalue weighted by Gasteiger charge is 2.17. The second-order valence-corrected chi connectivity index (χ2v) is 6.94. The molecule has 128 valence electrons. The molecule has 0 aliphatic carbocycles. The average Bonchev–Trinajstić information content (AvgIpc) is 3.09. The molecule has 3 rings (SSSR count). The number of hydrogen-bond acceptors (Lipinski definition) is 5. The summed E-state index contributed by atoms with van der Waals surface area (Å²) >= 11 is 0. The molecule has 0 aliphatic rings. The van der Waals surface area contributed by atoms with E-state index in [2.05, 4.69) is 9.82 Å². The molecule has 1 N–H and O–H groups in total. The van der Waals surface area contributed by atoms with E-state index in [0.717, 1.165) is 11.6 Å². The van der Waals surface area contributed by atoms with Gasteiger partial charge in [-0.15, -0.1) is 0 Å². The van der Waals surface area contributed by atoms with Gasteiger partial charge in [-0.1, -0.05) is 18.2 Å². The molecule has 25 heavy (non-hydrogen) atoms. The quantitative estimate of drug-likeness (QED) is 0.538. The summed E-state index contributed by atoms with van der Waals surface area (Å²) in [6.07, 6.45) is 3.51. The summed E-state index contributed by atoms with van der Waals surface area (Å²) in [5, 5.41) is 14.9. The van der Waals surface area contributed by atoms with E-state index in [1.807, 2.05) is 12.3 Å². The Kier molecular flexibility index (Phi) is 4.48. The number of rotatable bonds is 6. The fourth-order valence-electron chi connectivity index (χ4n) is 2.24. The van der Waals surface area contributed by atoms with E-state index in [9.17, 15) is 18.5 Å². The summed E-state index contributed by atoms with van der Waals surface area (Å²) in [4.78, 5) is 9.99. The first-order chi connectivity index (χ1) is 11.9. The Morgan fingerprint density at radius 2 is 1.88 bits per heavy atom. The van der Waals surface area contributed by atoms with E-state index in [4.69, 9.17) is 0 Å². The van der Waals surface area contributed by atoms with E-state index >= 15 is 0 Å². The van der Waals surface area contributed by atoms with Crippen molar-refractivity contribution >= 4 is 21.4 Å². The Morgan fingerprint density at radius 1 is 1.12 bits per heavy atom. The highest BCUT2D eigenvalue weighted by atomic mass is 32.2. The van der Waals surface area contributed by atoms with Gasteiger partial charge in [0.1, 0.15) is 0 Å². The van der Waals surface area contributed by atoms with Crippen molar-refractivity contribution in [3.63, 3.8) is 0 Å². The summed E-state index contributed by atoms with van der Waals surface area (Å²) in [5.74, 6) is 0. The highest BCUT2D eigenvalue weighted by molar-refractivity contribution is 7.92. The smallest absolute Gasteiger partial charge is 0.270 e. The van der Waals surface area contributed by atoms with Crippen molar-refractivity contribution < 1.29 is 13.3 Å². The van der Waals surface area contributed by atoms with Crippen molar-refractivity contribution in [2.24, 2.45) is 0 Å². The number of nitro groups is 1. The van der Waals surface area contributed by atoms with Crippen molar-refractivity contribution in [2.75, 3.05) is 4.72 Å². The molecule has 3 aromatic rings. The summed E-state index contributed by atoms with van der Waals surface area (Å²) in [6.45, 7) is 0.574. The van der Waals surface area contributed by atoms with Crippen LogP contribution in [0, 0.1) is 10.1 Å². The van der Waals surface area contributed by atoms with Gasteiger partial charge in [-0.2, -0.15) is 5.10 Å². The lowest BCUT2D eigenvalue weighted by Crippen LogP contribution is -2.13. The minimum Gasteiger partial charge on any atom is -0.280 e. The molecular weight excluding hydrogens is 344 g/mol. The van der Waals surface area contributed by atoms with Gasteiger partial charge in [0.15, 0.2) is 0 Å². The molecular formula is C16H14N4O4S. The van der Waals surface area contributed by atoms with Crippen LogP contribution in [0.2, 0.25) is 0 Å². The first-order valence-corrected chi connectivity index (χ1v) is 8.76. The monoisotopic (exact) mass is 358 g/mol. The molecule has 0 atom stereocenters. The first-order valence-electron chi connectivity index (χ1n) is 7.28. The first kappa shape index (κ1) is 16.7. The van der Waals surface area contributed by atoms with Gasteiger partial charge in [0.25, 0.3) is 15.7 Å². The zero-order valence-electron chi connectivity index (χ0n) is 12.9. The van der Waals surface area contributed by atoms with E-state index in [-0.39, 0.29) is 10.6 Å². The zero-order valence-corrected chi connectivity index (χ0v) is 13.8. The molecule has 9 heteroatoms. The topological polar surface area (TPSA) is 107 Å². The number of aromatic nitrogens is 2. The van der Waals surface area contributed by atoms with Gasteiger partial charge in [-0.3, -0.25) is 19.5 Å². The van der Waals surface area contributed by atoms with Crippen LogP contribution in [0.25, 0.3) is 0 Å². The third-order valence-electron chi connectivity index (χ3n) is 3.45. The number of sulfonamides is 1. The molecule has 0 amide bonds. The van der Waals surface area contributed by atoms with Crippen LogP contribution in [0.1, 0.15) is 5.56 Å². The Balaban J connectivity index is 1.76. The van der Waals surface area contributed by atoms with Crippen LogP contribution in [-0.2, 0) is 16.6 Å². The Morgan fingerprint density at radius 3 is 2.52 bits per heavy atom. The minimum absolute atomic E-state index is 0.165. The summed E-state index contributed by atoms with van der Waals surface area (Å²) < 4.78 is 28.9. The third-order valence-corrected chi connectivity index (χ3v) is 4.83. The van der Waals surface area contributed by atoms with Gasteiger partial charge < -0.3 is 0 Å². The van der Waals surface area contributed by atoms with Gasteiger partial charge in [0.05, 0.1) is 16.4 Å². The largest absolute Gasteiger partial charge is 0.280 e. The maximum atomic E-state index is 12.4. The summed E-state index contributed by atoms with van der Waals surface area (Å²) in [6, 6.07) is 13.6. The number of anilines is 1. The third kappa shape index (κ3) is 4.01. The van der Waals surface area contributed by atoms with Crippen molar-refractivity contribution in [1.29, 1.82) is 0 Å². The van der Waals surface area contributed by atoms with Crippen LogP contribution in [0.15, 0.2) is 71.9 Å². The van der Waals surface area contributed by atoms with Gasteiger partial charge in [-0.25, -0.2) is 8.42 Å². The molecule has 0 bridgehead atoms. The second kappa shape index (κ2) is 6.73. The van der Waals surface area contributed by atoms with Crippen LogP contribution < -0.4 is 4.72 Å². The van der Waals surface area contributed by atoms with Gasteiger partial charge in [0, 0.05) is 30.2 Å². The Labute approximate surface area is 143 Å². The lowest BCUT2D eigenvalue weighted by Gasteiger charge is -2.09.